The summed E-state index contributed by atoms with van der Waals surface area (Å²) >= 11 is 0. The maximum absolute atomic E-state index is 12.9. The van der Waals surface area contributed by atoms with Crippen LogP contribution in [0.25, 0.3) is 0 Å². The van der Waals surface area contributed by atoms with Crippen molar-refractivity contribution in [2.45, 2.75) is 76.3 Å². The molecule has 0 aromatic heterocycles. The lowest BCUT2D eigenvalue weighted by Crippen LogP contribution is -2.70. The number of hydrogen-bond donors (Lipinski definition) is 1. The van der Waals surface area contributed by atoms with Crippen molar-refractivity contribution < 1.29 is 8.78 Å². The lowest BCUT2D eigenvalue weighted by molar-refractivity contribution is -0.0454. The molecule has 0 amide bonds. The Bertz CT molecular complexity index is 284. The molecule has 112 valence electrons. The third-order valence-electron chi connectivity index (χ3n) is 5.44. The van der Waals surface area contributed by atoms with Crippen molar-refractivity contribution in [1.29, 1.82) is 0 Å². The van der Waals surface area contributed by atoms with Crippen molar-refractivity contribution in [3.05, 3.63) is 0 Å². The second kappa shape index (κ2) is 6.04. The van der Waals surface area contributed by atoms with Gasteiger partial charge in [-0.3, -0.25) is 4.90 Å². The van der Waals surface area contributed by atoms with Crippen LogP contribution < -0.4 is 5.32 Å². The molecule has 2 fully saturated rings. The summed E-state index contributed by atoms with van der Waals surface area (Å²) in [7, 11) is 0. The van der Waals surface area contributed by atoms with E-state index in [1.165, 1.54) is 19.3 Å². The van der Waals surface area contributed by atoms with E-state index in [1.807, 2.05) is 0 Å². The van der Waals surface area contributed by atoms with Crippen LogP contribution in [0.2, 0.25) is 0 Å². The van der Waals surface area contributed by atoms with E-state index < -0.39 is 6.43 Å². The number of nitrogens with zero attached hydrogens (tertiary/aromatic N) is 1. The zero-order chi connectivity index (χ0) is 13.9. The Morgan fingerprint density at radius 1 is 1.11 bits per heavy atom. The Balaban J connectivity index is 2.14. The fourth-order valence-electron chi connectivity index (χ4n) is 3.99. The highest BCUT2D eigenvalue weighted by Crippen LogP contribution is 2.37. The Labute approximate surface area is 115 Å². The molecule has 1 spiro atoms. The quantitative estimate of drug-likeness (QED) is 0.845. The van der Waals surface area contributed by atoms with E-state index in [-0.39, 0.29) is 17.6 Å². The molecule has 1 saturated heterocycles. The fraction of sp³-hybridized carbons (Fsp3) is 1.00. The molecule has 2 rings (SSSR count). The second-order valence-electron chi connectivity index (χ2n) is 6.40. The first kappa shape index (κ1) is 15.2. The monoisotopic (exact) mass is 274 g/mol. The van der Waals surface area contributed by atoms with E-state index >= 15 is 0 Å². The standard InChI is InChI=1S/C15H28F2N2/c1-3-15(4-2)11-18-14(8-6-5-7-9-14)12-19(15)10-13(16)17/h13,18H,3-12H2,1-2H3. The molecular formula is C15H28F2N2. The fourth-order valence-corrected chi connectivity index (χ4v) is 3.99. The van der Waals surface area contributed by atoms with E-state index in [2.05, 4.69) is 24.1 Å². The Kier molecular flexibility index (Phi) is 4.83. The molecule has 1 aliphatic carbocycles. The predicted molar refractivity (Wildman–Crippen MR) is 74.7 cm³/mol. The average Bonchev–Trinajstić information content (AvgIpc) is 2.40. The topological polar surface area (TPSA) is 15.3 Å². The first-order chi connectivity index (χ1) is 9.06. The van der Waals surface area contributed by atoms with Crippen LogP contribution in [-0.2, 0) is 0 Å². The molecule has 19 heavy (non-hydrogen) atoms. The molecule has 1 saturated carbocycles. The smallest absolute Gasteiger partial charge is 0.251 e. The molecule has 2 nitrogen and oxygen atoms in total. The van der Waals surface area contributed by atoms with Gasteiger partial charge >= 0.3 is 0 Å². The number of halogens is 2. The molecule has 0 unspecified atom stereocenters. The van der Waals surface area contributed by atoms with Gasteiger partial charge in [-0.25, -0.2) is 8.78 Å². The van der Waals surface area contributed by atoms with Crippen LogP contribution in [0.15, 0.2) is 0 Å². The van der Waals surface area contributed by atoms with Gasteiger partial charge < -0.3 is 5.32 Å². The third-order valence-corrected chi connectivity index (χ3v) is 5.44. The van der Waals surface area contributed by atoms with Crippen molar-refractivity contribution in [1.82, 2.24) is 10.2 Å². The van der Waals surface area contributed by atoms with E-state index in [0.29, 0.717) is 0 Å². The first-order valence-corrected chi connectivity index (χ1v) is 7.84. The van der Waals surface area contributed by atoms with Crippen LogP contribution >= 0.6 is 0 Å². The molecule has 1 heterocycles. The number of rotatable bonds is 4. The second-order valence-corrected chi connectivity index (χ2v) is 6.40. The molecule has 1 N–H and O–H groups in total. The Morgan fingerprint density at radius 3 is 2.26 bits per heavy atom. The lowest BCUT2D eigenvalue weighted by Gasteiger charge is -2.55. The van der Waals surface area contributed by atoms with E-state index in [1.54, 1.807) is 0 Å². The van der Waals surface area contributed by atoms with Crippen molar-refractivity contribution in [2.75, 3.05) is 19.6 Å². The van der Waals surface area contributed by atoms with Gasteiger partial charge in [0, 0.05) is 24.2 Å². The van der Waals surface area contributed by atoms with Gasteiger partial charge in [0.05, 0.1) is 6.54 Å². The van der Waals surface area contributed by atoms with Crippen molar-refractivity contribution >= 4 is 0 Å². The molecule has 0 radical (unpaired) electrons. The van der Waals surface area contributed by atoms with Crippen LogP contribution in [0, 0.1) is 0 Å². The molecule has 4 heteroatoms. The largest absolute Gasteiger partial charge is 0.308 e. The molecule has 1 aliphatic heterocycles. The van der Waals surface area contributed by atoms with Crippen LogP contribution in [0.1, 0.15) is 58.8 Å². The van der Waals surface area contributed by atoms with E-state index in [0.717, 1.165) is 38.8 Å². The van der Waals surface area contributed by atoms with Gasteiger partial charge in [0.25, 0.3) is 6.43 Å². The van der Waals surface area contributed by atoms with Gasteiger partial charge in [0.2, 0.25) is 0 Å². The summed E-state index contributed by atoms with van der Waals surface area (Å²) in [5.74, 6) is 0. The highest BCUT2D eigenvalue weighted by atomic mass is 19.3. The maximum atomic E-state index is 12.9. The first-order valence-electron chi connectivity index (χ1n) is 7.84. The van der Waals surface area contributed by atoms with Gasteiger partial charge in [-0.1, -0.05) is 33.1 Å². The van der Waals surface area contributed by atoms with E-state index in [9.17, 15) is 8.78 Å². The SMILES string of the molecule is CCC1(CC)CNC2(CCCCC2)CN1CC(F)F. The minimum Gasteiger partial charge on any atom is -0.308 e. The summed E-state index contributed by atoms with van der Waals surface area (Å²) in [6.45, 7) is 5.86. The van der Waals surface area contributed by atoms with Crippen molar-refractivity contribution in [3.63, 3.8) is 0 Å². The molecular weight excluding hydrogens is 246 g/mol. The van der Waals surface area contributed by atoms with Gasteiger partial charge in [0.15, 0.2) is 0 Å². The minimum absolute atomic E-state index is 0.0644. The van der Waals surface area contributed by atoms with E-state index in [4.69, 9.17) is 0 Å². The average molecular weight is 274 g/mol. The van der Waals surface area contributed by atoms with Crippen LogP contribution in [0.4, 0.5) is 8.78 Å². The van der Waals surface area contributed by atoms with Crippen LogP contribution in [0.5, 0.6) is 0 Å². The molecule has 0 aromatic carbocycles. The maximum Gasteiger partial charge on any atom is 0.251 e. The van der Waals surface area contributed by atoms with Gasteiger partial charge in [-0.2, -0.15) is 0 Å². The summed E-state index contributed by atoms with van der Waals surface area (Å²) in [6.07, 6.45) is 5.73. The minimum atomic E-state index is -2.23. The number of hydrogen-bond acceptors (Lipinski definition) is 2. The van der Waals surface area contributed by atoms with Gasteiger partial charge in [-0.05, 0) is 25.7 Å². The Morgan fingerprint density at radius 2 is 1.74 bits per heavy atom. The summed E-state index contributed by atoms with van der Waals surface area (Å²) in [4.78, 5) is 2.10. The van der Waals surface area contributed by atoms with Crippen molar-refractivity contribution in [2.24, 2.45) is 0 Å². The summed E-state index contributed by atoms with van der Waals surface area (Å²) in [5, 5.41) is 3.74. The van der Waals surface area contributed by atoms with Gasteiger partial charge in [-0.15, -0.1) is 0 Å². The zero-order valence-electron chi connectivity index (χ0n) is 12.4. The number of piperazine rings is 1. The highest BCUT2D eigenvalue weighted by molar-refractivity contribution is 5.05. The summed E-state index contributed by atoms with van der Waals surface area (Å²) < 4.78 is 25.9. The highest BCUT2D eigenvalue weighted by Gasteiger charge is 2.46. The summed E-state index contributed by atoms with van der Waals surface area (Å²) in [5.41, 5.74) is 0.0418. The van der Waals surface area contributed by atoms with Gasteiger partial charge in [0.1, 0.15) is 0 Å². The molecule has 0 bridgehead atoms. The Hall–Kier alpha value is -0.220. The molecule has 0 aromatic rings. The summed E-state index contributed by atoms with van der Waals surface area (Å²) in [6, 6.07) is 0. The molecule has 0 atom stereocenters. The zero-order valence-corrected chi connectivity index (χ0v) is 12.4. The van der Waals surface area contributed by atoms with Crippen LogP contribution in [-0.4, -0.2) is 42.0 Å². The number of alkyl halides is 2. The molecule has 2 aliphatic rings. The normalized spacial score (nSPS) is 27.0. The number of nitrogens with one attached hydrogen (secondary N) is 1. The third kappa shape index (κ3) is 3.10. The van der Waals surface area contributed by atoms with Crippen molar-refractivity contribution in [3.8, 4) is 0 Å². The lowest BCUT2D eigenvalue weighted by atomic mass is 9.76. The predicted octanol–water partition coefficient (Wildman–Crippen LogP) is 3.42. The van der Waals surface area contributed by atoms with Crippen LogP contribution in [0.3, 0.4) is 0 Å².